The lowest BCUT2D eigenvalue weighted by Gasteiger charge is -2.05. The van der Waals surface area contributed by atoms with Crippen molar-refractivity contribution in [3.05, 3.63) is 119 Å². The Hall–Kier alpha value is -6.42. The van der Waals surface area contributed by atoms with Crippen LogP contribution in [0.5, 0.6) is 0 Å². The largest absolute Gasteiger partial charge is 0.462 e. The van der Waals surface area contributed by atoms with Crippen LogP contribution in [-0.4, -0.2) is 46.7 Å². The molecule has 4 aromatic carbocycles. The number of hydrogen-bond acceptors (Lipinski definition) is 10. The van der Waals surface area contributed by atoms with Gasteiger partial charge in [-0.1, -0.05) is 62.4 Å². The standard InChI is InChI=1S/2C21H19NO4/c2*1-3-18(23)16(21(24)25-4-2)13-14-9-11-15(12-10-14)20-22-17-7-5-6-8-19(17)26-20/h2*5-13H,3-4H2,1-2H3/b16-13+;16-13-. The number of para-hydroxylation sites is 4. The Labute approximate surface area is 300 Å². The molecule has 0 fully saturated rings. The quantitative estimate of drug-likeness (QED) is 0.0527. The molecule has 0 saturated carbocycles. The lowest BCUT2D eigenvalue weighted by Crippen LogP contribution is -2.15. The monoisotopic (exact) mass is 698 g/mol. The highest BCUT2D eigenvalue weighted by Crippen LogP contribution is 2.26. The Balaban J connectivity index is 0.000000201. The molecule has 0 aliphatic heterocycles. The van der Waals surface area contributed by atoms with E-state index in [4.69, 9.17) is 18.3 Å². The van der Waals surface area contributed by atoms with E-state index in [-0.39, 0.29) is 48.8 Å². The smallest absolute Gasteiger partial charge is 0.341 e. The molecular weight excluding hydrogens is 660 g/mol. The SMILES string of the molecule is CCOC(=O)/C(=C/c1ccc(-c2nc3ccccc3o2)cc1)C(=O)CC.CCOC(=O)/C(=C\c1ccc(-c2nc3ccccc3o2)cc1)C(=O)CC. The van der Waals surface area contributed by atoms with Gasteiger partial charge < -0.3 is 18.3 Å². The lowest BCUT2D eigenvalue weighted by molar-refractivity contribution is -0.141. The average Bonchev–Trinajstić information content (AvgIpc) is 3.81. The van der Waals surface area contributed by atoms with Crippen LogP contribution in [0, 0.1) is 0 Å². The van der Waals surface area contributed by atoms with Crippen molar-refractivity contribution in [1.29, 1.82) is 0 Å². The molecule has 10 heteroatoms. The molecule has 52 heavy (non-hydrogen) atoms. The number of esters is 2. The summed E-state index contributed by atoms with van der Waals surface area (Å²) in [6.45, 7) is 7.30. The first-order chi connectivity index (χ1) is 25.2. The molecule has 0 aliphatic carbocycles. The van der Waals surface area contributed by atoms with Crippen molar-refractivity contribution in [2.75, 3.05) is 13.2 Å². The summed E-state index contributed by atoms with van der Waals surface area (Å²) in [6.07, 6.45) is 3.59. The van der Waals surface area contributed by atoms with Gasteiger partial charge in [-0.15, -0.1) is 0 Å². The number of ketones is 2. The van der Waals surface area contributed by atoms with E-state index in [0.29, 0.717) is 11.8 Å². The third-order valence-electron chi connectivity index (χ3n) is 7.76. The van der Waals surface area contributed by atoms with Crippen molar-refractivity contribution in [1.82, 2.24) is 9.97 Å². The Morgan fingerprint density at radius 2 is 0.904 bits per heavy atom. The van der Waals surface area contributed by atoms with E-state index in [9.17, 15) is 19.2 Å². The van der Waals surface area contributed by atoms with E-state index in [1.807, 2.05) is 97.1 Å². The highest BCUT2D eigenvalue weighted by atomic mass is 16.5. The van der Waals surface area contributed by atoms with Crippen LogP contribution in [0.1, 0.15) is 51.7 Å². The number of ether oxygens (including phenoxy) is 2. The summed E-state index contributed by atoms with van der Waals surface area (Å²) in [4.78, 5) is 57.0. The van der Waals surface area contributed by atoms with Crippen LogP contribution in [-0.2, 0) is 28.7 Å². The molecule has 0 aliphatic rings. The number of hydrogen-bond donors (Lipinski definition) is 0. The predicted molar refractivity (Wildman–Crippen MR) is 199 cm³/mol. The molecule has 0 bridgehead atoms. The first-order valence-corrected chi connectivity index (χ1v) is 17.0. The van der Waals surface area contributed by atoms with Gasteiger partial charge >= 0.3 is 11.9 Å². The summed E-state index contributed by atoms with van der Waals surface area (Å²) in [7, 11) is 0. The molecule has 0 unspecified atom stereocenters. The van der Waals surface area contributed by atoms with Crippen LogP contribution in [0.3, 0.4) is 0 Å². The lowest BCUT2D eigenvalue weighted by atomic mass is 10.0. The number of fused-ring (bicyclic) bond motifs is 2. The molecule has 0 atom stereocenters. The summed E-state index contributed by atoms with van der Waals surface area (Å²) in [5.41, 5.74) is 6.26. The van der Waals surface area contributed by atoms with Gasteiger partial charge in [-0.05, 0) is 85.7 Å². The fourth-order valence-electron chi connectivity index (χ4n) is 5.07. The molecule has 10 nitrogen and oxygen atoms in total. The minimum atomic E-state index is -0.595. The molecule has 264 valence electrons. The number of nitrogens with zero attached hydrogens (tertiary/aromatic N) is 2. The van der Waals surface area contributed by atoms with Gasteiger partial charge in [-0.2, -0.15) is 0 Å². The molecule has 0 spiro atoms. The maximum absolute atomic E-state index is 12.0. The highest BCUT2D eigenvalue weighted by Gasteiger charge is 2.19. The van der Waals surface area contributed by atoms with Gasteiger partial charge in [0.15, 0.2) is 22.7 Å². The normalized spacial score (nSPS) is 11.5. The maximum Gasteiger partial charge on any atom is 0.341 e. The first-order valence-electron chi connectivity index (χ1n) is 17.0. The minimum absolute atomic E-state index is 0.0592. The van der Waals surface area contributed by atoms with Gasteiger partial charge in [0, 0.05) is 24.0 Å². The number of aromatic nitrogens is 2. The zero-order chi connectivity index (χ0) is 37.0. The second-order valence-electron chi connectivity index (χ2n) is 11.3. The second-order valence-corrected chi connectivity index (χ2v) is 11.3. The summed E-state index contributed by atoms with van der Waals surface area (Å²) < 4.78 is 21.4. The third kappa shape index (κ3) is 9.02. The molecule has 2 heterocycles. The fraction of sp³-hybridized carbons (Fsp3) is 0.190. The number of rotatable bonds is 12. The molecule has 0 amide bonds. The second kappa shape index (κ2) is 17.5. The highest BCUT2D eigenvalue weighted by molar-refractivity contribution is 6.21. The van der Waals surface area contributed by atoms with E-state index in [2.05, 4.69) is 9.97 Å². The molecule has 0 radical (unpaired) electrons. The Morgan fingerprint density at radius 1 is 0.538 bits per heavy atom. The van der Waals surface area contributed by atoms with E-state index >= 15 is 0 Å². The van der Waals surface area contributed by atoms with Crippen LogP contribution in [0.2, 0.25) is 0 Å². The van der Waals surface area contributed by atoms with Crippen molar-refractivity contribution in [3.8, 4) is 22.9 Å². The summed E-state index contributed by atoms with van der Waals surface area (Å²) in [5, 5.41) is 0. The Kier molecular flexibility index (Phi) is 12.4. The zero-order valence-corrected chi connectivity index (χ0v) is 29.4. The van der Waals surface area contributed by atoms with Gasteiger partial charge in [0.25, 0.3) is 0 Å². The van der Waals surface area contributed by atoms with Gasteiger partial charge in [0.2, 0.25) is 11.8 Å². The first kappa shape index (κ1) is 36.9. The topological polar surface area (TPSA) is 139 Å². The Bertz CT molecular complexity index is 2030. The Morgan fingerprint density at radius 3 is 1.23 bits per heavy atom. The molecule has 6 rings (SSSR count). The molecule has 0 N–H and O–H groups in total. The molecule has 6 aromatic rings. The number of carbonyl (C=O) groups excluding carboxylic acids is 4. The fourth-order valence-corrected chi connectivity index (χ4v) is 5.07. The summed E-state index contributed by atoms with van der Waals surface area (Å²) >= 11 is 0. The van der Waals surface area contributed by atoms with Crippen LogP contribution in [0.15, 0.2) is 117 Å². The van der Waals surface area contributed by atoms with Gasteiger partial charge in [0.1, 0.15) is 22.2 Å². The van der Waals surface area contributed by atoms with Gasteiger partial charge in [-0.25, -0.2) is 19.6 Å². The number of Topliss-reactive ketones (excluding diaryl/α,β-unsaturated/α-hetero) is 2. The van der Waals surface area contributed by atoms with Crippen molar-refractivity contribution in [3.63, 3.8) is 0 Å². The van der Waals surface area contributed by atoms with Crippen LogP contribution < -0.4 is 0 Å². The average molecular weight is 699 g/mol. The molecule has 2 aromatic heterocycles. The van der Waals surface area contributed by atoms with E-state index in [0.717, 1.165) is 44.5 Å². The van der Waals surface area contributed by atoms with Crippen molar-refractivity contribution >= 4 is 57.9 Å². The maximum atomic E-state index is 12.0. The van der Waals surface area contributed by atoms with E-state index in [1.165, 1.54) is 0 Å². The van der Waals surface area contributed by atoms with Crippen molar-refractivity contribution in [2.24, 2.45) is 0 Å². The predicted octanol–water partition coefficient (Wildman–Crippen LogP) is 8.84. The van der Waals surface area contributed by atoms with Gasteiger partial charge in [0.05, 0.1) is 13.2 Å². The number of carbonyl (C=O) groups is 4. The number of benzene rings is 4. The van der Waals surface area contributed by atoms with Crippen molar-refractivity contribution in [2.45, 2.75) is 40.5 Å². The van der Waals surface area contributed by atoms with Crippen LogP contribution in [0.25, 0.3) is 57.3 Å². The van der Waals surface area contributed by atoms with Gasteiger partial charge in [-0.3, -0.25) is 9.59 Å². The van der Waals surface area contributed by atoms with Crippen LogP contribution >= 0.6 is 0 Å². The summed E-state index contributed by atoms with van der Waals surface area (Å²) in [6, 6.07) is 29.7. The third-order valence-corrected chi connectivity index (χ3v) is 7.76. The number of oxazole rings is 2. The van der Waals surface area contributed by atoms with Crippen molar-refractivity contribution < 1.29 is 37.5 Å². The summed E-state index contributed by atoms with van der Waals surface area (Å²) in [5.74, 6) is -0.628. The van der Waals surface area contributed by atoms with Crippen LogP contribution in [0.4, 0.5) is 0 Å². The minimum Gasteiger partial charge on any atom is -0.462 e. The van der Waals surface area contributed by atoms with E-state index < -0.39 is 11.9 Å². The van der Waals surface area contributed by atoms with E-state index in [1.54, 1.807) is 39.8 Å². The zero-order valence-electron chi connectivity index (χ0n) is 29.4. The molecule has 0 saturated heterocycles. The molecular formula is C42H38N2O8.